The second kappa shape index (κ2) is 1.96. The van der Waals surface area contributed by atoms with E-state index in [2.05, 4.69) is 23.6 Å². The molecule has 0 saturated carbocycles. The smallest absolute Gasteiger partial charge is 0.164 e. The highest BCUT2D eigenvalue weighted by Gasteiger charge is 1.99. The molecule has 0 amide bonds. The Morgan fingerprint density at radius 3 is 3.00 bits per heavy atom. The Labute approximate surface area is 43.6 Å². The predicted molar refractivity (Wildman–Crippen MR) is 29.5 cm³/mol. The van der Waals surface area contributed by atoms with Crippen LogP contribution in [0.15, 0.2) is 4.99 Å². The molecule has 1 rings (SSSR count). The van der Waals surface area contributed by atoms with Crippen molar-refractivity contribution < 1.29 is 0 Å². The van der Waals surface area contributed by atoms with Crippen molar-refractivity contribution in [3.8, 4) is 0 Å². The van der Waals surface area contributed by atoms with Gasteiger partial charge in [0.2, 0.25) is 0 Å². The zero-order valence-electron chi connectivity index (χ0n) is 4.44. The van der Waals surface area contributed by atoms with E-state index < -0.39 is 0 Å². The maximum atomic E-state index is 3.97. The monoisotopic (exact) mass is 97.1 g/mol. The Kier molecular flexibility index (Phi) is 1.29. The summed E-state index contributed by atoms with van der Waals surface area (Å²) in [5, 5.41) is 2.90. The fourth-order valence-corrected chi connectivity index (χ4v) is 0.557. The molecule has 0 aromatic carbocycles. The van der Waals surface area contributed by atoms with Crippen molar-refractivity contribution in [1.82, 2.24) is 5.32 Å². The van der Waals surface area contributed by atoms with Gasteiger partial charge in [0, 0.05) is 6.54 Å². The molecule has 1 radical (unpaired) electrons. The van der Waals surface area contributed by atoms with Crippen LogP contribution in [0.25, 0.3) is 0 Å². The second-order valence-corrected chi connectivity index (χ2v) is 1.81. The van der Waals surface area contributed by atoms with Crippen molar-refractivity contribution in [2.24, 2.45) is 4.99 Å². The minimum atomic E-state index is 0.487. The molecule has 0 aromatic rings. The van der Waals surface area contributed by atoms with Crippen LogP contribution in [-0.4, -0.2) is 18.9 Å². The molecule has 1 aliphatic heterocycles. The zero-order chi connectivity index (χ0) is 5.11. The normalized spacial score (nSPS) is 29.6. The molecule has 1 heterocycles. The van der Waals surface area contributed by atoms with Crippen molar-refractivity contribution in [2.45, 2.75) is 19.4 Å². The maximum absolute atomic E-state index is 3.97. The van der Waals surface area contributed by atoms with Crippen molar-refractivity contribution >= 4 is 6.34 Å². The number of hydrogen-bond donors (Lipinski definition) is 1. The number of hydrogen-bond acceptors (Lipinski definition) is 2. The topological polar surface area (TPSA) is 24.4 Å². The van der Waals surface area contributed by atoms with E-state index in [-0.39, 0.29) is 0 Å². The van der Waals surface area contributed by atoms with Gasteiger partial charge in [-0.05, 0) is 13.3 Å². The summed E-state index contributed by atoms with van der Waals surface area (Å²) in [6, 6.07) is 0.487. The highest BCUT2D eigenvalue weighted by molar-refractivity contribution is 5.55. The molecule has 0 spiro atoms. The average Bonchev–Trinajstić information content (AvgIpc) is 1.69. The number of nitrogens with zero attached hydrogens (tertiary/aromatic N) is 1. The maximum Gasteiger partial charge on any atom is 0.164 e. The van der Waals surface area contributed by atoms with Crippen molar-refractivity contribution in [2.75, 3.05) is 6.54 Å². The van der Waals surface area contributed by atoms with Crippen LogP contribution in [0.1, 0.15) is 13.3 Å². The molecule has 0 aliphatic carbocycles. The molecule has 0 bridgehead atoms. The third kappa shape index (κ3) is 1.18. The lowest BCUT2D eigenvalue weighted by Crippen LogP contribution is -2.22. The fourth-order valence-electron chi connectivity index (χ4n) is 0.557. The van der Waals surface area contributed by atoms with E-state index in [1.807, 2.05) is 0 Å². The third-order valence-corrected chi connectivity index (χ3v) is 1.05. The molecule has 0 aromatic heterocycles. The van der Waals surface area contributed by atoms with E-state index >= 15 is 0 Å². The summed E-state index contributed by atoms with van der Waals surface area (Å²) in [5.74, 6) is 0. The molecule has 1 atom stereocenters. The van der Waals surface area contributed by atoms with Crippen LogP contribution in [0.3, 0.4) is 0 Å². The van der Waals surface area contributed by atoms with Crippen LogP contribution < -0.4 is 5.32 Å². The van der Waals surface area contributed by atoms with E-state index in [9.17, 15) is 0 Å². The van der Waals surface area contributed by atoms with Gasteiger partial charge in [0.15, 0.2) is 6.34 Å². The molecule has 7 heavy (non-hydrogen) atoms. The van der Waals surface area contributed by atoms with Crippen LogP contribution in [0.5, 0.6) is 0 Å². The summed E-state index contributed by atoms with van der Waals surface area (Å²) >= 11 is 0. The van der Waals surface area contributed by atoms with Crippen molar-refractivity contribution in [3.63, 3.8) is 0 Å². The van der Waals surface area contributed by atoms with Gasteiger partial charge in [-0.3, -0.25) is 4.99 Å². The second-order valence-electron chi connectivity index (χ2n) is 1.81. The fraction of sp³-hybridized carbons (Fsp3) is 0.800. The van der Waals surface area contributed by atoms with E-state index in [1.165, 1.54) is 0 Å². The van der Waals surface area contributed by atoms with E-state index in [4.69, 9.17) is 0 Å². The summed E-state index contributed by atoms with van der Waals surface area (Å²) in [6.07, 6.45) is 3.86. The van der Waals surface area contributed by atoms with Crippen LogP contribution in [0, 0.1) is 0 Å². The Morgan fingerprint density at radius 1 is 1.86 bits per heavy atom. The van der Waals surface area contributed by atoms with Crippen LogP contribution in [0.4, 0.5) is 0 Å². The Morgan fingerprint density at radius 2 is 2.71 bits per heavy atom. The summed E-state index contributed by atoms with van der Waals surface area (Å²) in [6.45, 7) is 3.12. The van der Waals surface area contributed by atoms with E-state index in [0.717, 1.165) is 13.0 Å². The molecular weight excluding hydrogens is 88.1 g/mol. The lowest BCUT2D eigenvalue weighted by atomic mass is 10.2. The largest absolute Gasteiger partial charge is 0.367 e. The molecule has 1 aliphatic rings. The molecule has 2 nitrogen and oxygen atoms in total. The third-order valence-electron chi connectivity index (χ3n) is 1.05. The molecule has 2 heteroatoms. The quantitative estimate of drug-likeness (QED) is 0.461. The van der Waals surface area contributed by atoms with Crippen molar-refractivity contribution in [1.29, 1.82) is 0 Å². The van der Waals surface area contributed by atoms with Gasteiger partial charge >= 0.3 is 0 Å². The van der Waals surface area contributed by atoms with Gasteiger partial charge in [-0.2, -0.15) is 0 Å². The average molecular weight is 97.1 g/mol. The lowest BCUT2D eigenvalue weighted by Gasteiger charge is -2.09. The lowest BCUT2D eigenvalue weighted by molar-refractivity contribution is 0.626. The van der Waals surface area contributed by atoms with E-state index in [1.54, 1.807) is 0 Å². The van der Waals surface area contributed by atoms with Gasteiger partial charge in [0.1, 0.15) is 0 Å². The highest BCUT2D eigenvalue weighted by Crippen LogP contribution is 1.95. The molecule has 1 unspecified atom stereocenters. The Balaban J connectivity index is 2.36. The first-order valence-electron chi connectivity index (χ1n) is 2.57. The minimum absolute atomic E-state index is 0.487. The van der Waals surface area contributed by atoms with Gasteiger partial charge in [-0.25, -0.2) is 0 Å². The van der Waals surface area contributed by atoms with Crippen LogP contribution in [-0.2, 0) is 0 Å². The Bertz CT molecular complexity index is 78.1. The van der Waals surface area contributed by atoms with Crippen molar-refractivity contribution in [3.05, 3.63) is 0 Å². The molecule has 1 N–H and O–H groups in total. The van der Waals surface area contributed by atoms with Gasteiger partial charge in [-0.1, -0.05) is 0 Å². The van der Waals surface area contributed by atoms with Crippen LogP contribution >= 0.6 is 0 Å². The number of nitrogens with one attached hydrogen (secondary N) is 1. The zero-order valence-corrected chi connectivity index (χ0v) is 4.44. The highest BCUT2D eigenvalue weighted by atomic mass is 15.0. The summed E-state index contributed by atoms with van der Waals surface area (Å²) in [4.78, 5) is 3.97. The van der Waals surface area contributed by atoms with Gasteiger partial charge in [-0.15, -0.1) is 0 Å². The Hall–Kier alpha value is -0.530. The SMILES string of the molecule is CC1CCN[C]=N1. The number of aliphatic imine (C=N–C) groups is 1. The van der Waals surface area contributed by atoms with Gasteiger partial charge in [0.25, 0.3) is 0 Å². The first kappa shape index (κ1) is 4.62. The van der Waals surface area contributed by atoms with E-state index in [0.29, 0.717) is 6.04 Å². The molecule has 0 saturated heterocycles. The van der Waals surface area contributed by atoms with Gasteiger partial charge < -0.3 is 5.32 Å². The first-order chi connectivity index (χ1) is 3.39. The first-order valence-corrected chi connectivity index (χ1v) is 2.57. The van der Waals surface area contributed by atoms with Crippen LogP contribution in [0.2, 0.25) is 0 Å². The summed E-state index contributed by atoms with van der Waals surface area (Å²) in [7, 11) is 0. The standard InChI is InChI=1S/C5H9N2/c1-5-2-3-6-4-7-5/h5H,2-3H2,1H3,(H,6,7). The molecule has 39 valence electrons. The predicted octanol–water partition coefficient (Wildman–Crippen LogP) is 0.274. The summed E-state index contributed by atoms with van der Waals surface area (Å²) in [5.41, 5.74) is 0. The number of rotatable bonds is 0. The molecular formula is C5H9N2. The van der Waals surface area contributed by atoms with Gasteiger partial charge in [0.05, 0.1) is 6.04 Å². The minimum Gasteiger partial charge on any atom is -0.367 e. The molecule has 0 fully saturated rings. The summed E-state index contributed by atoms with van der Waals surface area (Å²) < 4.78 is 0.